The highest BCUT2D eigenvalue weighted by Crippen LogP contribution is 2.19. The largest absolute Gasteiger partial charge is 0.330 e. The van der Waals surface area contributed by atoms with E-state index in [1.807, 2.05) is 13.8 Å². The molecule has 3 rings (SSSR count). The van der Waals surface area contributed by atoms with Crippen LogP contribution in [0.3, 0.4) is 0 Å². The number of anilines is 1. The zero-order valence-corrected chi connectivity index (χ0v) is 15.5. The Labute approximate surface area is 154 Å². The van der Waals surface area contributed by atoms with Gasteiger partial charge >= 0.3 is 5.69 Å². The fraction of sp³-hybridized carbons (Fsp3) is 0.278. The normalized spacial score (nSPS) is 11.6. The minimum absolute atomic E-state index is 0.183. The number of pyridine rings is 1. The Kier molecular flexibility index (Phi) is 4.76. The van der Waals surface area contributed by atoms with E-state index in [-0.39, 0.29) is 11.6 Å². The fourth-order valence-electron chi connectivity index (χ4n) is 2.69. The van der Waals surface area contributed by atoms with Gasteiger partial charge in [-0.05, 0) is 26.0 Å². The molecule has 140 valence electrons. The Bertz CT molecular complexity index is 1170. The van der Waals surface area contributed by atoms with Gasteiger partial charge in [0.2, 0.25) is 5.91 Å². The van der Waals surface area contributed by atoms with Gasteiger partial charge in [0.1, 0.15) is 0 Å². The lowest BCUT2D eigenvalue weighted by molar-refractivity contribution is -0.111. The van der Waals surface area contributed by atoms with Crippen molar-refractivity contribution in [3.63, 3.8) is 0 Å². The van der Waals surface area contributed by atoms with Crippen molar-refractivity contribution in [1.82, 2.24) is 23.9 Å². The molecular formula is C18H20N6O3. The summed E-state index contributed by atoms with van der Waals surface area (Å²) in [5.74, 6) is -0.414. The molecule has 3 aromatic rings. The highest BCUT2D eigenvalue weighted by molar-refractivity contribution is 6.02. The number of rotatable bonds is 4. The number of aromatic nitrogens is 5. The number of nitrogens with one attached hydrogen (secondary N) is 1. The van der Waals surface area contributed by atoms with Crippen LogP contribution in [0.15, 0.2) is 40.3 Å². The molecule has 0 saturated carbocycles. The molecule has 27 heavy (non-hydrogen) atoms. The minimum Gasteiger partial charge on any atom is -0.321 e. The molecule has 3 aromatic heterocycles. The van der Waals surface area contributed by atoms with Gasteiger partial charge in [-0.25, -0.2) is 14.5 Å². The number of aryl methyl sites for hydroxylation is 1. The van der Waals surface area contributed by atoms with Gasteiger partial charge < -0.3 is 9.88 Å². The van der Waals surface area contributed by atoms with E-state index in [4.69, 9.17) is 0 Å². The maximum Gasteiger partial charge on any atom is 0.330 e. The molecule has 0 bridgehead atoms. The molecule has 0 aliphatic rings. The van der Waals surface area contributed by atoms with E-state index in [2.05, 4.69) is 15.4 Å². The minimum atomic E-state index is -0.466. The van der Waals surface area contributed by atoms with Gasteiger partial charge in [-0.15, -0.1) is 0 Å². The lowest BCUT2D eigenvalue weighted by Crippen LogP contribution is -2.37. The maximum absolute atomic E-state index is 12.2. The zero-order chi connectivity index (χ0) is 19.7. The molecule has 0 radical (unpaired) electrons. The first-order valence-electron chi connectivity index (χ1n) is 8.37. The first-order valence-corrected chi connectivity index (χ1v) is 8.37. The summed E-state index contributed by atoms with van der Waals surface area (Å²) < 4.78 is 4.07. The topological polar surface area (TPSA) is 104 Å². The van der Waals surface area contributed by atoms with Crippen LogP contribution in [-0.4, -0.2) is 29.8 Å². The monoisotopic (exact) mass is 368 g/mol. The van der Waals surface area contributed by atoms with Crippen molar-refractivity contribution in [3.8, 4) is 0 Å². The average Bonchev–Trinajstić information content (AvgIpc) is 3.05. The van der Waals surface area contributed by atoms with Gasteiger partial charge in [-0.3, -0.25) is 14.2 Å². The Morgan fingerprint density at radius 2 is 1.96 bits per heavy atom. The summed E-state index contributed by atoms with van der Waals surface area (Å²) in [5.41, 5.74) is 0.608. The molecule has 0 saturated heterocycles. The second kappa shape index (κ2) is 7.02. The molecule has 0 unspecified atom stereocenters. The van der Waals surface area contributed by atoms with E-state index in [0.29, 0.717) is 5.69 Å². The Morgan fingerprint density at radius 3 is 2.67 bits per heavy atom. The predicted molar refractivity (Wildman–Crippen MR) is 103 cm³/mol. The molecule has 9 nitrogen and oxygen atoms in total. The summed E-state index contributed by atoms with van der Waals surface area (Å²) in [4.78, 5) is 40.3. The summed E-state index contributed by atoms with van der Waals surface area (Å²) in [5, 5.41) is 7.80. The van der Waals surface area contributed by atoms with E-state index in [1.165, 1.54) is 37.0 Å². The van der Waals surface area contributed by atoms with Crippen LogP contribution in [0.1, 0.15) is 25.5 Å². The number of hydrogen-bond acceptors (Lipinski definition) is 5. The third kappa shape index (κ3) is 3.57. The molecule has 3 heterocycles. The summed E-state index contributed by atoms with van der Waals surface area (Å²) in [6.45, 7) is 4.02. The summed E-state index contributed by atoms with van der Waals surface area (Å²) in [6.07, 6.45) is 7.26. The maximum atomic E-state index is 12.2. The highest BCUT2D eigenvalue weighted by Gasteiger charge is 2.09. The molecule has 0 fully saturated rings. The lowest BCUT2D eigenvalue weighted by Gasteiger charge is -2.07. The van der Waals surface area contributed by atoms with Crippen LogP contribution in [0, 0.1) is 0 Å². The van der Waals surface area contributed by atoms with E-state index >= 15 is 0 Å². The molecule has 1 N–H and O–H groups in total. The van der Waals surface area contributed by atoms with Crippen molar-refractivity contribution in [3.05, 3.63) is 57.1 Å². The average molecular weight is 368 g/mol. The van der Waals surface area contributed by atoms with Gasteiger partial charge in [-0.1, -0.05) is 0 Å². The van der Waals surface area contributed by atoms with Gasteiger partial charge in [0, 0.05) is 37.8 Å². The van der Waals surface area contributed by atoms with E-state index < -0.39 is 17.2 Å². The molecule has 9 heteroatoms. The number of amides is 1. The van der Waals surface area contributed by atoms with Crippen LogP contribution < -0.4 is 16.6 Å². The van der Waals surface area contributed by atoms with E-state index in [0.717, 1.165) is 15.6 Å². The third-order valence-electron chi connectivity index (χ3n) is 4.08. The molecule has 0 aromatic carbocycles. The van der Waals surface area contributed by atoms with Gasteiger partial charge in [0.25, 0.3) is 5.56 Å². The quantitative estimate of drug-likeness (QED) is 0.694. The summed E-state index contributed by atoms with van der Waals surface area (Å²) in [7, 11) is 2.93. The van der Waals surface area contributed by atoms with Crippen molar-refractivity contribution in [2.24, 2.45) is 14.1 Å². The van der Waals surface area contributed by atoms with Crippen molar-refractivity contribution in [2.75, 3.05) is 5.32 Å². The third-order valence-corrected chi connectivity index (χ3v) is 4.08. The van der Waals surface area contributed by atoms with E-state index in [1.54, 1.807) is 23.1 Å². The molecule has 0 aliphatic heterocycles. The van der Waals surface area contributed by atoms with Crippen LogP contribution >= 0.6 is 0 Å². The standard InChI is InChI=1S/C18H20N6O3/c1-11(2)24-16-13(8-20-24)7-14(9-19-16)21-15(25)6-5-12-10-22(3)18(27)23(4)17(12)26/h5-11H,1-4H3,(H,21,25)/b6-5+. The van der Waals surface area contributed by atoms with Crippen LogP contribution in [0.4, 0.5) is 5.69 Å². The van der Waals surface area contributed by atoms with Crippen molar-refractivity contribution in [2.45, 2.75) is 19.9 Å². The van der Waals surface area contributed by atoms with Crippen molar-refractivity contribution < 1.29 is 4.79 Å². The molecular weight excluding hydrogens is 348 g/mol. The van der Waals surface area contributed by atoms with Crippen molar-refractivity contribution >= 4 is 28.7 Å². The molecule has 1 amide bonds. The number of carbonyl (C=O) groups excluding carboxylic acids is 1. The molecule has 0 spiro atoms. The second-order valence-electron chi connectivity index (χ2n) is 6.48. The van der Waals surface area contributed by atoms with Crippen LogP contribution in [0.5, 0.6) is 0 Å². The number of fused-ring (bicyclic) bond motifs is 1. The zero-order valence-electron chi connectivity index (χ0n) is 15.5. The number of hydrogen-bond donors (Lipinski definition) is 1. The summed E-state index contributed by atoms with van der Waals surface area (Å²) >= 11 is 0. The van der Waals surface area contributed by atoms with E-state index in [9.17, 15) is 14.4 Å². The van der Waals surface area contributed by atoms with Crippen molar-refractivity contribution in [1.29, 1.82) is 0 Å². The highest BCUT2D eigenvalue weighted by atomic mass is 16.2. The predicted octanol–water partition coefficient (Wildman–Crippen LogP) is 1.06. The van der Waals surface area contributed by atoms with Crippen LogP contribution in [0.2, 0.25) is 0 Å². The first-order chi connectivity index (χ1) is 12.8. The lowest BCUT2D eigenvalue weighted by atomic mass is 10.3. The number of carbonyl (C=O) groups is 1. The van der Waals surface area contributed by atoms with Crippen LogP contribution in [-0.2, 0) is 18.9 Å². The Balaban J connectivity index is 1.80. The van der Waals surface area contributed by atoms with Gasteiger partial charge in [0.05, 0.1) is 23.6 Å². The Morgan fingerprint density at radius 1 is 1.22 bits per heavy atom. The fourth-order valence-corrected chi connectivity index (χ4v) is 2.69. The number of nitrogens with zero attached hydrogens (tertiary/aromatic N) is 5. The summed E-state index contributed by atoms with van der Waals surface area (Å²) in [6, 6.07) is 1.97. The first kappa shape index (κ1) is 18.3. The smallest absolute Gasteiger partial charge is 0.321 e. The SMILES string of the molecule is CC(C)n1ncc2cc(NC(=O)/C=C/c3cn(C)c(=O)n(C)c3=O)cnc21. The second-order valence-corrected chi connectivity index (χ2v) is 6.48. The Hall–Kier alpha value is -3.49. The van der Waals surface area contributed by atoms with Gasteiger partial charge in [-0.2, -0.15) is 5.10 Å². The molecule has 0 atom stereocenters. The van der Waals surface area contributed by atoms with Gasteiger partial charge in [0.15, 0.2) is 5.65 Å². The van der Waals surface area contributed by atoms with Crippen LogP contribution in [0.25, 0.3) is 17.1 Å². The molecule has 0 aliphatic carbocycles.